The van der Waals surface area contributed by atoms with Gasteiger partial charge in [-0.2, -0.15) is 18.2 Å². The van der Waals surface area contributed by atoms with Crippen LogP contribution in [0.25, 0.3) is 11.4 Å². The van der Waals surface area contributed by atoms with Crippen molar-refractivity contribution in [2.75, 3.05) is 13.7 Å². The quantitative estimate of drug-likeness (QED) is 0.366. The Morgan fingerprint density at radius 3 is 2.42 bits per heavy atom. The fourth-order valence-corrected chi connectivity index (χ4v) is 3.32. The molecule has 4 rings (SSSR count). The molecular weight excluding hydrogens is 437 g/mol. The Bertz CT molecular complexity index is 1120. The molecule has 1 fully saturated rings. The lowest BCUT2D eigenvalue weighted by molar-refractivity contribution is -0.159. The summed E-state index contributed by atoms with van der Waals surface area (Å²) in [4.78, 5) is 23.4. The Kier molecular flexibility index (Phi) is 6.43. The molecule has 0 aliphatic heterocycles. The zero-order valence-corrected chi connectivity index (χ0v) is 17.7. The van der Waals surface area contributed by atoms with Gasteiger partial charge in [0.25, 0.3) is 5.91 Å². The first-order valence-corrected chi connectivity index (χ1v) is 10.3. The molecule has 3 aromatic rings. The zero-order valence-electron chi connectivity index (χ0n) is 17.7. The fraction of sp³-hybridized carbons (Fsp3) is 0.304. The van der Waals surface area contributed by atoms with Crippen LogP contribution in [-0.4, -0.2) is 40.3 Å². The number of rotatable bonds is 8. The maximum absolute atomic E-state index is 13.4. The van der Waals surface area contributed by atoms with E-state index in [4.69, 9.17) is 4.84 Å². The molecule has 172 valence electrons. The summed E-state index contributed by atoms with van der Waals surface area (Å²) in [5.41, 5.74) is 2.04. The van der Waals surface area contributed by atoms with Crippen molar-refractivity contribution in [1.29, 1.82) is 0 Å². The Morgan fingerprint density at radius 1 is 1.15 bits per heavy atom. The normalized spacial score (nSPS) is 14.2. The van der Waals surface area contributed by atoms with E-state index in [1.165, 1.54) is 7.11 Å². The molecule has 33 heavy (non-hydrogen) atoms. The molecule has 2 aromatic carbocycles. The second kappa shape index (κ2) is 9.43. The first kappa shape index (κ1) is 22.5. The van der Waals surface area contributed by atoms with Gasteiger partial charge in [0.15, 0.2) is 5.71 Å². The predicted octanol–water partition coefficient (Wildman–Crippen LogP) is 4.54. The highest BCUT2D eigenvalue weighted by molar-refractivity contribution is 6.45. The second-order valence-electron chi connectivity index (χ2n) is 7.74. The van der Waals surface area contributed by atoms with E-state index in [2.05, 4.69) is 19.8 Å². The third-order valence-corrected chi connectivity index (χ3v) is 5.15. The topological polar surface area (TPSA) is 80.8 Å². The van der Waals surface area contributed by atoms with Gasteiger partial charge in [-0.25, -0.2) is 0 Å². The number of benzene rings is 2. The molecule has 0 saturated heterocycles. The minimum Gasteiger partial charge on any atom is -0.398 e. The molecule has 1 saturated carbocycles. The van der Waals surface area contributed by atoms with E-state index < -0.39 is 12.1 Å². The van der Waals surface area contributed by atoms with Gasteiger partial charge in [-0.05, 0) is 24.3 Å². The van der Waals surface area contributed by atoms with Gasteiger partial charge in [0.2, 0.25) is 5.82 Å². The largest absolute Gasteiger partial charge is 0.471 e. The van der Waals surface area contributed by atoms with Crippen molar-refractivity contribution in [3.63, 3.8) is 0 Å². The van der Waals surface area contributed by atoms with E-state index in [-0.39, 0.29) is 17.4 Å². The molecule has 10 heteroatoms. The van der Waals surface area contributed by atoms with E-state index in [0.717, 1.165) is 18.4 Å². The minimum atomic E-state index is -4.70. The van der Waals surface area contributed by atoms with E-state index in [1.807, 2.05) is 18.2 Å². The van der Waals surface area contributed by atoms with E-state index in [1.54, 1.807) is 41.3 Å². The van der Waals surface area contributed by atoms with E-state index in [9.17, 15) is 18.0 Å². The van der Waals surface area contributed by atoms with Crippen LogP contribution < -0.4 is 0 Å². The number of alkyl halides is 3. The van der Waals surface area contributed by atoms with Crippen LogP contribution in [0.2, 0.25) is 0 Å². The average Bonchev–Trinajstić information content (AvgIpc) is 3.47. The third-order valence-electron chi connectivity index (χ3n) is 5.15. The van der Waals surface area contributed by atoms with Gasteiger partial charge in [-0.15, -0.1) is 0 Å². The van der Waals surface area contributed by atoms with Crippen LogP contribution in [0, 0.1) is 5.92 Å². The Balaban J connectivity index is 1.53. The van der Waals surface area contributed by atoms with Crippen molar-refractivity contribution >= 4 is 11.6 Å². The maximum Gasteiger partial charge on any atom is 0.471 e. The number of amides is 1. The van der Waals surface area contributed by atoms with Crippen molar-refractivity contribution in [1.82, 2.24) is 15.0 Å². The van der Waals surface area contributed by atoms with Crippen LogP contribution in [0.5, 0.6) is 0 Å². The lowest BCUT2D eigenvalue weighted by atomic mass is 10.1. The number of oxime groups is 1. The summed E-state index contributed by atoms with van der Waals surface area (Å²) in [6.07, 6.45) is -2.58. The average molecular weight is 458 g/mol. The van der Waals surface area contributed by atoms with Crippen LogP contribution in [0.3, 0.4) is 0 Å². The lowest BCUT2D eigenvalue weighted by Gasteiger charge is -2.23. The van der Waals surface area contributed by atoms with E-state index in [0.29, 0.717) is 30.1 Å². The summed E-state index contributed by atoms with van der Waals surface area (Å²) >= 11 is 0. The van der Waals surface area contributed by atoms with E-state index >= 15 is 0 Å². The summed E-state index contributed by atoms with van der Waals surface area (Å²) in [6.45, 7) is 0.890. The van der Waals surface area contributed by atoms with Crippen LogP contribution in [-0.2, 0) is 22.4 Å². The van der Waals surface area contributed by atoms with Crippen LogP contribution in [0.15, 0.2) is 64.3 Å². The van der Waals surface area contributed by atoms with Gasteiger partial charge >= 0.3 is 12.1 Å². The molecule has 1 heterocycles. The number of aromatic nitrogens is 2. The molecule has 0 N–H and O–H groups in total. The highest BCUT2D eigenvalue weighted by Crippen LogP contribution is 2.31. The van der Waals surface area contributed by atoms with Gasteiger partial charge in [0.1, 0.15) is 7.11 Å². The zero-order chi connectivity index (χ0) is 23.4. The van der Waals surface area contributed by atoms with Crippen molar-refractivity contribution in [2.24, 2.45) is 11.1 Å². The van der Waals surface area contributed by atoms with Crippen LogP contribution >= 0.6 is 0 Å². The molecule has 0 bridgehead atoms. The number of halogens is 3. The van der Waals surface area contributed by atoms with Gasteiger partial charge in [-0.3, -0.25) is 4.79 Å². The van der Waals surface area contributed by atoms with Crippen molar-refractivity contribution in [3.05, 3.63) is 71.6 Å². The summed E-state index contributed by atoms with van der Waals surface area (Å²) in [6, 6.07) is 15.7. The third kappa shape index (κ3) is 5.57. The molecule has 1 aliphatic carbocycles. The first-order chi connectivity index (χ1) is 15.8. The van der Waals surface area contributed by atoms with Gasteiger partial charge in [0, 0.05) is 24.2 Å². The predicted molar refractivity (Wildman–Crippen MR) is 113 cm³/mol. The molecule has 0 radical (unpaired) electrons. The summed E-state index contributed by atoms with van der Waals surface area (Å²) in [5, 5.41) is 7.36. The standard InChI is InChI=1S/C23H21F3N4O3/c1-32-28-19(17-5-3-2-4-6-17)21(31)30(13-15-7-8-15)14-16-9-11-18(12-10-16)20-27-22(33-29-20)23(24,25)26/h2-6,9-12,15H,7-8,13-14H2,1H3/b28-19-. The number of carbonyl (C=O) groups excluding carboxylic acids is 1. The van der Waals surface area contributed by atoms with Gasteiger partial charge in [0.05, 0.1) is 0 Å². The Labute approximate surface area is 187 Å². The fourth-order valence-electron chi connectivity index (χ4n) is 3.32. The smallest absolute Gasteiger partial charge is 0.398 e. The SMILES string of the molecule is CO/N=C(\C(=O)N(Cc1ccc(-c2noc(C(F)(F)F)n2)cc1)CC1CC1)c1ccccc1. The Hall–Kier alpha value is -3.69. The monoisotopic (exact) mass is 458 g/mol. The summed E-state index contributed by atoms with van der Waals surface area (Å²) in [7, 11) is 1.39. The van der Waals surface area contributed by atoms with Gasteiger partial charge in [-0.1, -0.05) is 64.9 Å². The summed E-state index contributed by atoms with van der Waals surface area (Å²) in [5.74, 6) is -1.37. The Morgan fingerprint density at radius 2 is 1.85 bits per heavy atom. The second-order valence-corrected chi connectivity index (χ2v) is 7.74. The molecular formula is C23H21F3N4O3. The molecule has 0 atom stereocenters. The molecule has 0 spiro atoms. The first-order valence-electron chi connectivity index (χ1n) is 10.3. The molecule has 1 aromatic heterocycles. The molecule has 0 unspecified atom stereocenters. The van der Waals surface area contributed by atoms with Crippen LogP contribution in [0.4, 0.5) is 13.2 Å². The van der Waals surface area contributed by atoms with Crippen LogP contribution in [0.1, 0.15) is 29.9 Å². The molecule has 1 aliphatic rings. The number of hydrogen-bond donors (Lipinski definition) is 0. The number of carbonyl (C=O) groups is 1. The highest BCUT2D eigenvalue weighted by atomic mass is 19.4. The van der Waals surface area contributed by atoms with Crippen molar-refractivity contribution in [2.45, 2.75) is 25.6 Å². The maximum atomic E-state index is 13.4. The number of nitrogens with zero attached hydrogens (tertiary/aromatic N) is 4. The van der Waals surface area contributed by atoms with Crippen molar-refractivity contribution in [3.8, 4) is 11.4 Å². The van der Waals surface area contributed by atoms with Crippen molar-refractivity contribution < 1.29 is 27.3 Å². The van der Waals surface area contributed by atoms with Gasteiger partial charge < -0.3 is 14.3 Å². The highest BCUT2D eigenvalue weighted by Gasteiger charge is 2.38. The molecule has 1 amide bonds. The summed E-state index contributed by atoms with van der Waals surface area (Å²) < 4.78 is 42.4. The lowest BCUT2D eigenvalue weighted by Crippen LogP contribution is -2.38. The number of hydrogen-bond acceptors (Lipinski definition) is 6. The molecule has 7 nitrogen and oxygen atoms in total. The minimum absolute atomic E-state index is 0.154.